The molecule has 8 heterocycles. The Hall–Kier alpha value is -10.2. The molecule has 86 heavy (non-hydrogen) atoms. The Bertz CT molecular complexity index is 4840. The van der Waals surface area contributed by atoms with Crippen LogP contribution in [0.4, 0.5) is 11.4 Å². The summed E-state index contributed by atoms with van der Waals surface area (Å²) in [5.41, 5.74) is 14.1. The van der Waals surface area contributed by atoms with E-state index in [1.807, 2.05) is 140 Å². The van der Waals surface area contributed by atoms with Gasteiger partial charge < -0.3 is 39.4 Å². The molecule has 4 aliphatic rings. The van der Waals surface area contributed by atoms with E-state index in [2.05, 4.69) is 25.4 Å². The highest BCUT2D eigenvalue weighted by molar-refractivity contribution is 6.22. The van der Waals surface area contributed by atoms with Crippen molar-refractivity contribution in [3.8, 4) is 11.5 Å². The average Bonchev–Trinajstić information content (AvgIpc) is 1.65. The molecule has 0 fully saturated rings. The number of ketones is 2. The van der Waals surface area contributed by atoms with Crippen LogP contribution >= 0.6 is 23.2 Å². The number of benzene rings is 8. The molecule has 4 aromatic heterocycles. The molecule has 0 radical (unpaired) electrons. The van der Waals surface area contributed by atoms with Crippen LogP contribution in [0.15, 0.2) is 158 Å². The summed E-state index contributed by atoms with van der Waals surface area (Å²) in [7, 11) is 1.58. The summed E-state index contributed by atoms with van der Waals surface area (Å²) >= 11 is 12.9. The van der Waals surface area contributed by atoms with E-state index in [1.165, 1.54) is 5.06 Å². The van der Waals surface area contributed by atoms with E-state index in [4.69, 9.17) is 32.9 Å². The second-order valence-electron chi connectivity index (χ2n) is 22.0. The normalized spacial score (nSPS) is 15.6. The summed E-state index contributed by atoms with van der Waals surface area (Å²) in [6, 6.07) is 49.3. The Morgan fingerprint density at radius 3 is 1.48 bits per heavy atom. The van der Waals surface area contributed by atoms with Crippen LogP contribution in [0.2, 0.25) is 0 Å². The van der Waals surface area contributed by atoms with Crippen LogP contribution in [0.3, 0.4) is 0 Å². The van der Waals surface area contributed by atoms with Gasteiger partial charge in [-0.1, -0.05) is 80.2 Å². The maximum Gasteiger partial charge on any atom is 0.286 e. The van der Waals surface area contributed by atoms with E-state index < -0.39 is 0 Å². The average molecular weight is 1180 g/mol. The van der Waals surface area contributed by atoms with E-state index in [9.17, 15) is 28.8 Å². The number of nitrogens with zero attached hydrogens (tertiary/aromatic N) is 3. The van der Waals surface area contributed by atoms with Crippen LogP contribution in [0.25, 0.3) is 65.2 Å². The topological polar surface area (TPSA) is 206 Å². The van der Waals surface area contributed by atoms with Gasteiger partial charge >= 0.3 is 0 Å². The van der Waals surface area contributed by atoms with Gasteiger partial charge in [-0.15, -0.1) is 23.2 Å². The molecule has 16 nitrogen and oxygen atoms in total. The minimum Gasteiger partial charge on any atom is -0.378 e. The molecule has 0 spiro atoms. The minimum absolute atomic E-state index is 0. The number of hydrogen-bond acceptors (Lipinski definition) is 8. The Morgan fingerprint density at radius 1 is 0.512 bits per heavy atom. The fraction of sp³-hybridized carbons (Fsp3) is 0.147. The van der Waals surface area contributed by atoms with Crippen molar-refractivity contribution in [1.82, 2.24) is 30.5 Å². The van der Waals surface area contributed by atoms with Crippen LogP contribution in [0, 0.1) is 0 Å². The molecule has 0 bridgehead atoms. The van der Waals surface area contributed by atoms with Crippen LogP contribution in [-0.4, -0.2) is 92.1 Å². The summed E-state index contributed by atoms with van der Waals surface area (Å²) in [4.78, 5) is 107. The summed E-state index contributed by atoms with van der Waals surface area (Å²) in [5.74, 6) is 0.545. The van der Waals surface area contributed by atoms with Gasteiger partial charge in [-0.3, -0.25) is 28.8 Å². The first kappa shape index (κ1) is 53.8. The van der Waals surface area contributed by atoms with Gasteiger partial charge in [0, 0.05) is 123 Å². The van der Waals surface area contributed by atoms with Crippen LogP contribution in [-0.2, 0) is 12.8 Å². The third-order valence-electron chi connectivity index (χ3n) is 16.8. The molecule has 0 aliphatic carbocycles. The molecule has 426 valence electrons. The lowest BCUT2D eigenvalue weighted by molar-refractivity contribution is -0.0156. The molecule has 0 saturated carbocycles. The quantitative estimate of drug-likeness (QED) is 0.0656. The summed E-state index contributed by atoms with van der Waals surface area (Å²) in [5, 5.41) is 8.10. The molecular formula is C68H52Cl2N8O8. The second kappa shape index (κ2) is 20.9. The molecule has 8 aromatic carbocycles. The van der Waals surface area contributed by atoms with Gasteiger partial charge in [-0.25, -0.2) is 0 Å². The summed E-state index contributed by atoms with van der Waals surface area (Å²) < 4.78 is 0. The van der Waals surface area contributed by atoms with Crippen molar-refractivity contribution < 1.29 is 38.4 Å². The largest absolute Gasteiger partial charge is 0.378 e. The molecule has 0 unspecified atom stereocenters. The zero-order valence-electron chi connectivity index (χ0n) is 45.3. The lowest BCUT2D eigenvalue weighted by Crippen LogP contribution is -2.33. The van der Waals surface area contributed by atoms with Gasteiger partial charge in [0.05, 0.1) is 33.9 Å². The Morgan fingerprint density at radius 2 is 0.965 bits per heavy atom. The number of halogens is 2. The highest BCUT2D eigenvalue weighted by Crippen LogP contribution is 2.50. The van der Waals surface area contributed by atoms with Crippen molar-refractivity contribution in [2.24, 2.45) is 0 Å². The zero-order chi connectivity index (χ0) is 57.9. The third kappa shape index (κ3) is 8.81. The number of carbonyl (C=O) groups excluding carboxylic acids is 6. The number of anilines is 2. The van der Waals surface area contributed by atoms with Crippen LogP contribution in [0.1, 0.15) is 104 Å². The third-order valence-corrected chi connectivity index (χ3v) is 17.6. The highest BCUT2D eigenvalue weighted by atomic mass is 35.5. The van der Waals surface area contributed by atoms with Gasteiger partial charge in [-0.2, -0.15) is 10.5 Å². The molecule has 5 N–H and O–H groups in total. The van der Waals surface area contributed by atoms with Gasteiger partial charge in [0.25, 0.3) is 23.6 Å². The van der Waals surface area contributed by atoms with Crippen molar-refractivity contribution in [3.05, 3.63) is 214 Å². The van der Waals surface area contributed by atoms with Crippen molar-refractivity contribution in [3.63, 3.8) is 0 Å². The predicted octanol–water partition coefficient (Wildman–Crippen LogP) is 13.5. The van der Waals surface area contributed by atoms with E-state index >= 15 is 0 Å². The van der Waals surface area contributed by atoms with E-state index in [0.29, 0.717) is 75.9 Å². The number of nitrogens with one attached hydrogen (secondary N) is 5. The van der Waals surface area contributed by atoms with Crippen molar-refractivity contribution in [2.45, 2.75) is 32.1 Å². The minimum atomic E-state index is -0.304. The number of fused-ring (bicyclic) bond motifs is 8. The number of hydroxylamine groups is 3. The summed E-state index contributed by atoms with van der Waals surface area (Å²) in [6.45, 7) is 0.811. The number of hydrogen-bond donors (Lipinski definition) is 5. The molecule has 4 aliphatic heterocycles. The Kier molecular flexibility index (Phi) is 13.1. The van der Waals surface area contributed by atoms with Crippen molar-refractivity contribution >= 4 is 135 Å². The molecule has 2 atom stereocenters. The first-order valence-corrected chi connectivity index (χ1v) is 28.8. The fourth-order valence-electron chi connectivity index (χ4n) is 12.8. The van der Waals surface area contributed by atoms with Crippen molar-refractivity contribution in [1.29, 1.82) is 0 Å². The molecule has 16 rings (SSSR count). The maximum atomic E-state index is 14.0. The number of para-hydroxylation sites is 2. The summed E-state index contributed by atoms with van der Waals surface area (Å²) in [6.07, 6.45) is 0.478. The number of alkyl halides is 2. The first-order valence-electron chi connectivity index (χ1n) is 27.7. The molecule has 18 heteroatoms. The van der Waals surface area contributed by atoms with Crippen LogP contribution in [0.5, 0.6) is 11.5 Å². The van der Waals surface area contributed by atoms with Gasteiger partial charge in [-0.05, 0) is 106 Å². The first-order chi connectivity index (χ1) is 41.4. The number of carbonyl (C=O) groups is 6. The lowest BCUT2D eigenvalue weighted by atomic mass is 9.92. The Balaban J connectivity index is 0.000000150. The number of rotatable bonds is 10. The smallest absolute Gasteiger partial charge is 0.286 e. The SMILES string of the molecule is C.CN1Oc2cc3c(c4cccc(c24)C1=O)[C@H](CCl)CN3C(=O)c1cc2cc(CC(=O)c3cc4ccccc4[nH]3)ccc2[nH]1.O=C(Cc1ccc2[nH]c(C(=O)N3C[C@@H](CCl)c4c3cc3c5c(cccc45)C(=O)NO3)cc2c1)c1cc2ccccc2[nH]1. The number of H-pyrrole nitrogens is 4. The van der Waals surface area contributed by atoms with E-state index in [-0.39, 0.29) is 67.3 Å². The predicted molar refractivity (Wildman–Crippen MR) is 335 cm³/mol. The van der Waals surface area contributed by atoms with E-state index in [1.54, 1.807) is 35.0 Å². The number of Topliss-reactive ketones (excluding diaryl/α,β-unsaturated/α-hetero) is 2. The van der Waals surface area contributed by atoms with Gasteiger partial charge in [0.1, 0.15) is 11.4 Å². The number of aromatic amines is 4. The standard InChI is InChI=1S/C34H25ClN4O4.C33H23ClN4O4.CH4/c1-38-33(41)23-7-4-6-22-31-21(16-35)17-39(28(31)15-30(43-38)32(22)23)34(42)27-14-20-11-18(9-10-25(20)37-27)12-29(40)26-13-19-5-2-3-8-24(19)36-26;34-15-20-16-38(27-14-29-31-21(30(20)27)5-3-6-22(31)32(40)37-42-29)33(41)26-13-19-10-17(8-9-24(19)36-26)11-28(39)25-12-18-4-1-2-7-23(18)35-25;/h2-11,13-15,21,36-37H,12,16-17H2,1H3;1-10,12-14,20,35-36H,11,15-16H2,(H,37,40);1H4/t21-;20-;/m11./s1. The molecule has 4 amide bonds. The molecular weight excluding hydrogens is 1130 g/mol. The number of aromatic nitrogens is 4. The van der Waals surface area contributed by atoms with Crippen molar-refractivity contribution in [2.75, 3.05) is 41.7 Å². The fourth-order valence-corrected chi connectivity index (χ4v) is 13.3. The maximum absolute atomic E-state index is 14.0. The lowest BCUT2D eigenvalue weighted by Gasteiger charge is -2.27. The highest BCUT2D eigenvalue weighted by Gasteiger charge is 2.40. The molecule has 0 saturated heterocycles. The van der Waals surface area contributed by atoms with Gasteiger partial charge in [0.15, 0.2) is 23.1 Å². The van der Waals surface area contributed by atoms with Gasteiger partial charge in [0.2, 0.25) is 0 Å². The molecule has 12 aromatic rings. The van der Waals surface area contributed by atoms with Crippen LogP contribution < -0.4 is 25.0 Å². The zero-order valence-corrected chi connectivity index (χ0v) is 46.8. The second-order valence-corrected chi connectivity index (χ2v) is 22.6. The monoisotopic (exact) mass is 1180 g/mol. The number of amides is 4. The van der Waals surface area contributed by atoms with E-state index in [0.717, 1.165) is 93.1 Å². The Labute approximate surface area is 500 Å².